The van der Waals surface area contributed by atoms with Crippen molar-refractivity contribution in [1.29, 1.82) is 0 Å². The third-order valence-electron chi connectivity index (χ3n) is 4.75. The normalized spacial score (nSPS) is 15.3. The fraction of sp³-hybridized carbons (Fsp3) is 0.300. The Morgan fingerprint density at radius 2 is 1.93 bits per heavy atom. The van der Waals surface area contributed by atoms with Crippen LogP contribution in [0.2, 0.25) is 5.02 Å². The number of rotatable bonds is 4. The van der Waals surface area contributed by atoms with Crippen LogP contribution in [0.4, 0.5) is 0 Å². The van der Waals surface area contributed by atoms with Crippen LogP contribution in [0.3, 0.4) is 0 Å². The van der Waals surface area contributed by atoms with Crippen LogP contribution in [-0.4, -0.2) is 46.9 Å². The van der Waals surface area contributed by atoms with Gasteiger partial charge in [0, 0.05) is 43.3 Å². The number of carbonyl (C=O) groups excluding carboxylic acids is 1. The molecule has 0 aliphatic carbocycles. The zero-order valence-electron chi connectivity index (χ0n) is 15.0. The van der Waals surface area contributed by atoms with E-state index in [2.05, 4.69) is 9.88 Å². The minimum absolute atomic E-state index is 0.0592. The van der Waals surface area contributed by atoms with Gasteiger partial charge in [0.25, 0.3) is 5.91 Å². The molecule has 1 saturated heterocycles. The first-order valence-corrected chi connectivity index (χ1v) is 10.1. The number of thiophene rings is 1. The minimum atomic E-state index is 0.0592. The molecular weight excluding hydrogens is 382 g/mol. The predicted octanol–water partition coefficient (Wildman–Crippen LogP) is 4.32. The van der Waals surface area contributed by atoms with E-state index in [9.17, 15) is 4.79 Å². The number of nitrogens with zero attached hydrogens (tertiary/aromatic N) is 3. The SMILES string of the molecule is Cc1oc(-c2cccs2)nc1CN1CCN(C(=O)c2ccc(Cl)cc2)CC1. The van der Waals surface area contributed by atoms with Gasteiger partial charge in [-0.3, -0.25) is 9.69 Å². The number of oxazole rings is 1. The van der Waals surface area contributed by atoms with Gasteiger partial charge in [0.05, 0.1) is 10.6 Å². The maximum Gasteiger partial charge on any atom is 0.253 e. The lowest BCUT2D eigenvalue weighted by Crippen LogP contribution is -2.48. The average Bonchev–Trinajstić information content (AvgIpc) is 3.33. The molecule has 3 aromatic rings. The number of hydrogen-bond donors (Lipinski definition) is 0. The summed E-state index contributed by atoms with van der Waals surface area (Å²) in [5, 5.41) is 2.66. The van der Waals surface area contributed by atoms with Gasteiger partial charge in [-0.1, -0.05) is 17.7 Å². The second kappa shape index (κ2) is 7.84. The maximum atomic E-state index is 12.6. The van der Waals surface area contributed by atoms with Crippen LogP contribution in [0, 0.1) is 6.92 Å². The van der Waals surface area contributed by atoms with Gasteiger partial charge in [0.15, 0.2) is 0 Å². The van der Waals surface area contributed by atoms with Crippen molar-refractivity contribution < 1.29 is 9.21 Å². The molecule has 0 N–H and O–H groups in total. The number of benzene rings is 1. The summed E-state index contributed by atoms with van der Waals surface area (Å²) in [5.74, 6) is 1.61. The minimum Gasteiger partial charge on any atom is -0.440 e. The van der Waals surface area contributed by atoms with Crippen molar-refractivity contribution in [3.63, 3.8) is 0 Å². The largest absolute Gasteiger partial charge is 0.440 e. The van der Waals surface area contributed by atoms with Crippen LogP contribution in [0.15, 0.2) is 46.2 Å². The van der Waals surface area contributed by atoms with Crippen LogP contribution < -0.4 is 0 Å². The summed E-state index contributed by atoms with van der Waals surface area (Å²) in [4.78, 5) is 22.5. The van der Waals surface area contributed by atoms with Crippen molar-refractivity contribution in [2.45, 2.75) is 13.5 Å². The van der Waals surface area contributed by atoms with Gasteiger partial charge >= 0.3 is 0 Å². The monoisotopic (exact) mass is 401 g/mol. The summed E-state index contributed by atoms with van der Waals surface area (Å²) >= 11 is 7.52. The first-order valence-electron chi connectivity index (χ1n) is 8.87. The molecule has 0 atom stereocenters. The summed E-state index contributed by atoms with van der Waals surface area (Å²) < 4.78 is 5.82. The molecule has 3 heterocycles. The fourth-order valence-corrected chi connectivity index (χ4v) is 3.95. The number of piperazine rings is 1. The van der Waals surface area contributed by atoms with E-state index >= 15 is 0 Å². The van der Waals surface area contributed by atoms with E-state index in [1.165, 1.54) is 0 Å². The molecule has 0 saturated carbocycles. The standard InChI is InChI=1S/C20H20ClN3O2S/c1-14-17(22-19(26-14)18-3-2-12-27-18)13-23-8-10-24(11-9-23)20(25)15-4-6-16(21)7-5-15/h2-7,12H,8-11,13H2,1H3. The van der Waals surface area contributed by atoms with E-state index in [4.69, 9.17) is 16.0 Å². The molecule has 7 heteroatoms. The van der Waals surface area contributed by atoms with Gasteiger partial charge in [-0.05, 0) is 42.6 Å². The van der Waals surface area contributed by atoms with E-state index in [0.29, 0.717) is 29.6 Å². The lowest BCUT2D eigenvalue weighted by Gasteiger charge is -2.34. The molecule has 1 fully saturated rings. The summed E-state index contributed by atoms with van der Waals surface area (Å²) in [6, 6.07) is 11.1. The Balaban J connectivity index is 1.36. The molecule has 1 amide bonds. The summed E-state index contributed by atoms with van der Waals surface area (Å²) in [7, 11) is 0. The highest BCUT2D eigenvalue weighted by atomic mass is 35.5. The molecule has 0 spiro atoms. The Bertz CT molecular complexity index is 913. The van der Waals surface area contributed by atoms with Gasteiger partial charge in [-0.2, -0.15) is 0 Å². The van der Waals surface area contributed by atoms with Crippen LogP contribution in [0.1, 0.15) is 21.8 Å². The maximum absolute atomic E-state index is 12.6. The summed E-state index contributed by atoms with van der Waals surface area (Å²) in [6.45, 7) is 5.75. The quantitative estimate of drug-likeness (QED) is 0.653. The number of aryl methyl sites for hydroxylation is 1. The molecule has 0 bridgehead atoms. The van der Waals surface area contributed by atoms with Gasteiger partial charge in [-0.15, -0.1) is 11.3 Å². The fourth-order valence-electron chi connectivity index (χ4n) is 3.18. The highest BCUT2D eigenvalue weighted by Crippen LogP contribution is 2.26. The molecule has 140 valence electrons. The Labute approximate surface area is 167 Å². The van der Waals surface area contributed by atoms with Crippen molar-refractivity contribution in [1.82, 2.24) is 14.8 Å². The van der Waals surface area contributed by atoms with Crippen molar-refractivity contribution >= 4 is 28.8 Å². The molecule has 2 aromatic heterocycles. The van der Waals surface area contributed by atoms with Gasteiger partial charge in [0.2, 0.25) is 5.89 Å². The topological polar surface area (TPSA) is 49.6 Å². The molecule has 1 aliphatic rings. The Morgan fingerprint density at radius 1 is 1.19 bits per heavy atom. The van der Waals surface area contributed by atoms with Crippen LogP contribution in [0.25, 0.3) is 10.8 Å². The molecular formula is C20H20ClN3O2S. The zero-order valence-corrected chi connectivity index (χ0v) is 16.6. The second-order valence-electron chi connectivity index (χ2n) is 6.57. The number of halogens is 1. The smallest absolute Gasteiger partial charge is 0.253 e. The Hall–Kier alpha value is -2.15. The van der Waals surface area contributed by atoms with Crippen LogP contribution >= 0.6 is 22.9 Å². The van der Waals surface area contributed by atoms with E-state index in [1.54, 1.807) is 35.6 Å². The lowest BCUT2D eigenvalue weighted by atomic mass is 10.2. The first kappa shape index (κ1) is 18.2. The number of hydrogen-bond acceptors (Lipinski definition) is 5. The lowest BCUT2D eigenvalue weighted by molar-refractivity contribution is 0.0626. The van der Waals surface area contributed by atoms with E-state index < -0.39 is 0 Å². The van der Waals surface area contributed by atoms with Crippen molar-refractivity contribution in [3.05, 3.63) is 63.8 Å². The molecule has 27 heavy (non-hydrogen) atoms. The molecule has 0 radical (unpaired) electrons. The molecule has 1 aliphatic heterocycles. The van der Waals surface area contributed by atoms with Gasteiger partial charge < -0.3 is 9.32 Å². The third-order valence-corrected chi connectivity index (χ3v) is 5.86. The highest BCUT2D eigenvalue weighted by Gasteiger charge is 2.23. The number of amides is 1. The molecule has 0 unspecified atom stereocenters. The number of carbonyl (C=O) groups is 1. The van der Waals surface area contributed by atoms with Crippen molar-refractivity contribution in [2.75, 3.05) is 26.2 Å². The van der Waals surface area contributed by atoms with Gasteiger partial charge in [0.1, 0.15) is 5.76 Å². The number of aromatic nitrogens is 1. The van der Waals surface area contributed by atoms with Crippen molar-refractivity contribution in [3.8, 4) is 10.8 Å². The second-order valence-corrected chi connectivity index (χ2v) is 7.96. The van der Waals surface area contributed by atoms with E-state index in [0.717, 1.165) is 36.0 Å². The Kier molecular flexibility index (Phi) is 5.29. The van der Waals surface area contributed by atoms with Crippen molar-refractivity contribution in [2.24, 2.45) is 0 Å². The average molecular weight is 402 g/mol. The van der Waals surface area contributed by atoms with E-state index in [-0.39, 0.29) is 5.91 Å². The molecule has 4 rings (SSSR count). The summed E-state index contributed by atoms with van der Waals surface area (Å²) in [6.07, 6.45) is 0. The van der Waals surface area contributed by atoms with E-state index in [1.807, 2.05) is 29.3 Å². The van der Waals surface area contributed by atoms with Crippen LogP contribution in [-0.2, 0) is 6.54 Å². The third kappa shape index (κ3) is 4.08. The highest BCUT2D eigenvalue weighted by molar-refractivity contribution is 7.13. The summed E-state index contributed by atoms with van der Waals surface area (Å²) in [5.41, 5.74) is 1.65. The molecule has 1 aromatic carbocycles. The van der Waals surface area contributed by atoms with Crippen LogP contribution in [0.5, 0.6) is 0 Å². The predicted molar refractivity (Wildman–Crippen MR) is 107 cm³/mol. The zero-order chi connectivity index (χ0) is 18.8. The molecule has 5 nitrogen and oxygen atoms in total. The van der Waals surface area contributed by atoms with Gasteiger partial charge in [-0.25, -0.2) is 4.98 Å². The first-order chi connectivity index (χ1) is 13.1. The Morgan fingerprint density at radius 3 is 2.59 bits per heavy atom.